The maximum absolute atomic E-state index is 11.5. The van der Waals surface area contributed by atoms with Crippen molar-refractivity contribution >= 4 is 5.97 Å². The van der Waals surface area contributed by atoms with E-state index in [9.17, 15) is 4.79 Å². The number of rotatable bonds is 10. The average molecular weight is 286 g/mol. The quantitative estimate of drug-likeness (QED) is 0.318. The minimum atomic E-state index is -0.178. The van der Waals surface area contributed by atoms with Gasteiger partial charge in [-0.1, -0.05) is 26.8 Å². The molecular weight excluding hydrogens is 256 g/mol. The Hall–Kier alpha value is -0.910. The monoisotopic (exact) mass is 286 g/mol. The Morgan fingerprint density at radius 3 is 2.30 bits per heavy atom. The van der Waals surface area contributed by atoms with Crippen molar-refractivity contribution in [1.29, 1.82) is 0 Å². The number of ether oxygens (including phenoxy) is 1. The fourth-order valence-corrected chi connectivity index (χ4v) is 1.74. The lowest BCUT2D eigenvalue weighted by Gasteiger charge is -2.14. The zero-order chi connectivity index (χ0) is 15.4. The molecular formula is C15H30N2O3. The first-order valence-corrected chi connectivity index (χ1v) is 7.21. The summed E-state index contributed by atoms with van der Waals surface area (Å²) in [5, 5.41) is 14.8. The maximum Gasteiger partial charge on any atom is 0.307 e. The van der Waals surface area contributed by atoms with Crippen LogP contribution < -0.4 is 10.6 Å². The second kappa shape index (κ2) is 10.8. The van der Waals surface area contributed by atoms with Crippen LogP contribution in [0.15, 0.2) is 11.6 Å². The molecule has 0 amide bonds. The number of aliphatic hydroxyl groups excluding tert-OH is 1. The number of esters is 1. The lowest BCUT2D eigenvalue weighted by atomic mass is 9.94. The van der Waals surface area contributed by atoms with Crippen LogP contribution in [0.2, 0.25) is 0 Å². The second-order valence-electron chi connectivity index (χ2n) is 5.99. The number of nitrogens with one attached hydrogen (secondary N) is 2. The summed E-state index contributed by atoms with van der Waals surface area (Å²) < 4.78 is 5.20. The summed E-state index contributed by atoms with van der Waals surface area (Å²) in [4.78, 5) is 11.5. The van der Waals surface area contributed by atoms with Gasteiger partial charge in [0.15, 0.2) is 0 Å². The molecule has 0 aromatic rings. The largest absolute Gasteiger partial charge is 0.461 e. The predicted molar refractivity (Wildman–Crippen MR) is 81.6 cm³/mol. The second-order valence-corrected chi connectivity index (χ2v) is 5.99. The topological polar surface area (TPSA) is 70.6 Å². The van der Waals surface area contributed by atoms with Gasteiger partial charge < -0.3 is 20.5 Å². The van der Waals surface area contributed by atoms with Gasteiger partial charge in [0.25, 0.3) is 0 Å². The SMILES string of the molecule is C/C(=C\C(C)(C)C)COC(=O)CCNCCNCCO. The minimum absolute atomic E-state index is 0.111. The van der Waals surface area contributed by atoms with Gasteiger partial charge in [-0.2, -0.15) is 0 Å². The van der Waals surface area contributed by atoms with Gasteiger partial charge in [-0.25, -0.2) is 0 Å². The molecule has 0 bridgehead atoms. The van der Waals surface area contributed by atoms with Crippen molar-refractivity contribution in [2.75, 3.05) is 39.4 Å². The van der Waals surface area contributed by atoms with Crippen LogP contribution in [0.25, 0.3) is 0 Å². The van der Waals surface area contributed by atoms with Crippen LogP contribution in [0.1, 0.15) is 34.1 Å². The van der Waals surface area contributed by atoms with Crippen LogP contribution >= 0.6 is 0 Å². The number of carbonyl (C=O) groups is 1. The Morgan fingerprint density at radius 1 is 1.15 bits per heavy atom. The van der Waals surface area contributed by atoms with Crippen molar-refractivity contribution < 1.29 is 14.6 Å². The molecule has 0 unspecified atom stereocenters. The summed E-state index contributed by atoms with van der Waals surface area (Å²) in [5.41, 5.74) is 1.19. The van der Waals surface area contributed by atoms with Gasteiger partial charge in [0.2, 0.25) is 0 Å². The molecule has 0 aliphatic heterocycles. The fraction of sp³-hybridized carbons (Fsp3) is 0.800. The highest BCUT2D eigenvalue weighted by atomic mass is 16.5. The zero-order valence-corrected chi connectivity index (χ0v) is 13.3. The van der Waals surface area contributed by atoms with Gasteiger partial charge in [-0.3, -0.25) is 4.79 Å². The highest BCUT2D eigenvalue weighted by Crippen LogP contribution is 2.17. The summed E-state index contributed by atoms with van der Waals surface area (Å²) in [6.45, 7) is 11.6. The highest BCUT2D eigenvalue weighted by Gasteiger charge is 2.08. The van der Waals surface area contributed by atoms with Crippen molar-refractivity contribution in [1.82, 2.24) is 10.6 Å². The van der Waals surface area contributed by atoms with Crippen LogP contribution in [0.5, 0.6) is 0 Å². The molecule has 0 saturated carbocycles. The first kappa shape index (κ1) is 19.1. The van der Waals surface area contributed by atoms with E-state index in [2.05, 4.69) is 37.5 Å². The van der Waals surface area contributed by atoms with Gasteiger partial charge in [0.05, 0.1) is 13.0 Å². The average Bonchev–Trinajstić information content (AvgIpc) is 2.33. The molecule has 118 valence electrons. The molecule has 3 N–H and O–H groups in total. The van der Waals surface area contributed by atoms with Crippen molar-refractivity contribution in [2.24, 2.45) is 5.41 Å². The molecule has 0 aliphatic carbocycles. The summed E-state index contributed by atoms with van der Waals surface area (Å²) in [6, 6.07) is 0. The molecule has 0 saturated heterocycles. The molecule has 0 atom stereocenters. The van der Waals surface area contributed by atoms with Crippen molar-refractivity contribution in [3.63, 3.8) is 0 Å². The number of hydrogen-bond acceptors (Lipinski definition) is 5. The molecule has 0 radical (unpaired) electrons. The molecule has 5 nitrogen and oxygen atoms in total. The smallest absolute Gasteiger partial charge is 0.307 e. The molecule has 20 heavy (non-hydrogen) atoms. The van der Waals surface area contributed by atoms with Crippen LogP contribution in [0, 0.1) is 5.41 Å². The third kappa shape index (κ3) is 13.5. The van der Waals surface area contributed by atoms with Gasteiger partial charge in [0.1, 0.15) is 6.61 Å². The number of hydrogen-bond donors (Lipinski definition) is 3. The minimum Gasteiger partial charge on any atom is -0.461 e. The first-order valence-electron chi connectivity index (χ1n) is 7.21. The maximum atomic E-state index is 11.5. The summed E-state index contributed by atoms with van der Waals surface area (Å²) >= 11 is 0. The normalized spacial score (nSPS) is 12.6. The number of aliphatic hydroxyl groups is 1. The van der Waals surface area contributed by atoms with Crippen LogP contribution in [-0.2, 0) is 9.53 Å². The van der Waals surface area contributed by atoms with Gasteiger partial charge in [0, 0.05) is 26.2 Å². The molecule has 0 aromatic heterocycles. The zero-order valence-electron chi connectivity index (χ0n) is 13.3. The number of carbonyl (C=O) groups excluding carboxylic acids is 1. The lowest BCUT2D eigenvalue weighted by Crippen LogP contribution is -2.30. The Labute approximate surface area is 122 Å². The van der Waals surface area contributed by atoms with E-state index in [0.29, 0.717) is 26.1 Å². The van der Waals surface area contributed by atoms with E-state index < -0.39 is 0 Å². The predicted octanol–water partition coefficient (Wildman–Crippen LogP) is 1.08. The van der Waals surface area contributed by atoms with Crippen LogP contribution in [0.4, 0.5) is 0 Å². The Bertz CT molecular complexity index is 296. The molecule has 0 heterocycles. The third-order valence-corrected chi connectivity index (χ3v) is 2.41. The molecule has 0 aliphatic rings. The van der Waals surface area contributed by atoms with E-state index in [4.69, 9.17) is 9.84 Å². The van der Waals surface area contributed by atoms with E-state index in [0.717, 1.165) is 18.7 Å². The highest BCUT2D eigenvalue weighted by molar-refractivity contribution is 5.69. The first-order chi connectivity index (χ1) is 9.35. The molecule has 0 rings (SSSR count). The summed E-state index contributed by atoms with van der Waals surface area (Å²) in [5.74, 6) is -0.178. The lowest BCUT2D eigenvalue weighted by molar-refractivity contribution is -0.142. The van der Waals surface area contributed by atoms with E-state index >= 15 is 0 Å². The standard InChI is InChI=1S/C15H30N2O3/c1-13(11-15(2,3)4)12-20-14(19)5-6-16-7-8-17-9-10-18/h11,16-18H,5-10,12H2,1-4H3/b13-11+. The van der Waals surface area contributed by atoms with E-state index in [1.807, 2.05) is 6.92 Å². The van der Waals surface area contributed by atoms with Crippen LogP contribution in [-0.4, -0.2) is 50.5 Å². The van der Waals surface area contributed by atoms with Crippen molar-refractivity contribution in [3.05, 3.63) is 11.6 Å². The summed E-state index contributed by atoms with van der Waals surface area (Å²) in [6.07, 6.45) is 2.49. The van der Waals surface area contributed by atoms with Crippen molar-refractivity contribution in [2.45, 2.75) is 34.1 Å². The van der Waals surface area contributed by atoms with Crippen LogP contribution in [0.3, 0.4) is 0 Å². The Balaban J connectivity index is 3.57. The number of allylic oxidation sites excluding steroid dienone is 1. The van der Waals surface area contributed by atoms with E-state index in [1.165, 1.54) is 0 Å². The Morgan fingerprint density at radius 2 is 1.75 bits per heavy atom. The molecule has 0 aromatic carbocycles. The molecule has 5 heteroatoms. The van der Waals surface area contributed by atoms with Crippen molar-refractivity contribution in [3.8, 4) is 0 Å². The molecule has 0 fully saturated rings. The van der Waals surface area contributed by atoms with Gasteiger partial charge >= 0.3 is 5.97 Å². The van der Waals surface area contributed by atoms with E-state index in [1.54, 1.807) is 0 Å². The fourth-order valence-electron chi connectivity index (χ4n) is 1.74. The van der Waals surface area contributed by atoms with Gasteiger partial charge in [-0.05, 0) is 17.9 Å². The molecule has 0 spiro atoms. The summed E-state index contributed by atoms with van der Waals surface area (Å²) in [7, 11) is 0. The Kier molecular flexibility index (Phi) is 10.3. The van der Waals surface area contributed by atoms with Gasteiger partial charge in [-0.15, -0.1) is 0 Å². The third-order valence-electron chi connectivity index (χ3n) is 2.41. The van der Waals surface area contributed by atoms with E-state index in [-0.39, 0.29) is 18.0 Å².